The Morgan fingerprint density at radius 2 is 0.364 bits per heavy atom. The van der Waals surface area contributed by atoms with Crippen molar-refractivity contribution < 1.29 is 0 Å². The van der Waals surface area contributed by atoms with E-state index < -0.39 is 78.9 Å². The Morgan fingerprint density at radius 3 is 0.500 bits per heavy atom. The molecule has 0 amide bonds. The van der Waals surface area contributed by atoms with E-state index >= 15 is 0 Å². The Balaban J connectivity index is 4.86. The number of hydrogen-bond donors (Lipinski definition) is 0. The molecule has 0 heterocycles. The van der Waals surface area contributed by atoms with Crippen LogP contribution in [0.15, 0.2) is 0 Å². The van der Waals surface area contributed by atoms with E-state index in [2.05, 4.69) is 223 Å². The third-order valence-corrected chi connectivity index (χ3v) is 1490. The molecule has 154 valence electrons. The zero-order valence-corrected chi connectivity index (χ0v) is 55.8. The Labute approximate surface area is 285 Å². The standard InChI is InChI=1S/I22/c1-13(2)15(5)17(7)19(9)21(11)22(12)20(10)18(8)16(6)14(3)4. The molecule has 0 unspecified atom stereocenters. The molecule has 0 aromatic carbocycles. The Bertz CT molecular complexity index is 260. The van der Waals surface area contributed by atoms with E-state index in [1.54, 1.807) is 0 Å². The van der Waals surface area contributed by atoms with E-state index in [0.29, 0.717) is 0 Å². The fraction of sp³-hybridized carbons (Fsp3) is 0. The SMILES string of the molecule is II(I)I(I)I(I)I(I)I(I)I(I)I(I)I(I)I(I)I(I)I. The quantitative estimate of drug-likeness (QED) is 0.202. The molecule has 0 aliphatic carbocycles. The summed E-state index contributed by atoms with van der Waals surface area (Å²) in [5.41, 5.74) is 0. The maximum atomic E-state index is 3.18. The summed E-state index contributed by atoms with van der Waals surface area (Å²) in [6.45, 7) is 0. The summed E-state index contributed by atoms with van der Waals surface area (Å²) in [6.07, 6.45) is 0. The molecule has 0 nitrogen and oxygen atoms in total. The fourth-order valence-corrected chi connectivity index (χ4v) is 3350. The molecule has 0 aromatic rings. The number of hydrogen-bond acceptors (Lipinski definition) is 0. The van der Waals surface area contributed by atoms with Crippen molar-refractivity contribution in [2.24, 2.45) is 0 Å². The van der Waals surface area contributed by atoms with Crippen LogP contribution in [0, 0.1) is 0 Å². The zero-order valence-electron chi connectivity index (χ0n) is 8.32. The van der Waals surface area contributed by atoms with Crippen LogP contribution in [-0.4, -0.2) is 0 Å². The van der Waals surface area contributed by atoms with Gasteiger partial charge in [0, 0.05) is 0 Å². The van der Waals surface area contributed by atoms with Crippen LogP contribution in [0.2, 0.25) is 0 Å². The van der Waals surface area contributed by atoms with Gasteiger partial charge < -0.3 is 0 Å². The third kappa shape index (κ3) is 16.4. The zero-order chi connectivity index (χ0) is 17.8. The second kappa shape index (κ2) is 22.7. The van der Waals surface area contributed by atoms with Gasteiger partial charge in [0.1, 0.15) is 0 Å². The fourth-order valence-electron chi connectivity index (χ4n) is 0.247. The second-order valence-corrected chi connectivity index (χ2v) is 489. The Morgan fingerprint density at radius 1 is 0.227 bits per heavy atom. The van der Waals surface area contributed by atoms with Crippen molar-refractivity contribution in [3.8, 4) is 0 Å². The minimum absolute atomic E-state index is 0.399. The van der Waals surface area contributed by atoms with Gasteiger partial charge in [0.05, 0.1) is 0 Å². The summed E-state index contributed by atoms with van der Waals surface area (Å²) >= 11 is 36.7. The molecule has 0 aliphatic heterocycles. The van der Waals surface area contributed by atoms with Crippen molar-refractivity contribution in [2.75, 3.05) is 0 Å². The first-order valence-electron chi connectivity index (χ1n) is 3.00. The van der Waals surface area contributed by atoms with Crippen LogP contribution in [0.5, 0.6) is 0 Å². The molecule has 0 bridgehead atoms. The summed E-state index contributed by atoms with van der Waals surface area (Å²) in [5.74, 6) is 0. The molecular formula is I22. The third-order valence-electron chi connectivity index (χ3n) is 0.735. The van der Waals surface area contributed by atoms with E-state index in [0.717, 1.165) is 0 Å². The second-order valence-electron chi connectivity index (χ2n) is 1.62. The Kier molecular flexibility index (Phi) is 39.3. The molecule has 0 atom stereocenters. The van der Waals surface area contributed by atoms with E-state index in [4.69, 9.17) is 0 Å². The van der Waals surface area contributed by atoms with Crippen LogP contribution in [-0.2, 0) is 0 Å². The summed E-state index contributed by atoms with van der Waals surface area (Å²) in [4.78, 5) is 0. The molecule has 0 N–H and O–H groups in total. The molecule has 22 heavy (non-hydrogen) atoms. The van der Waals surface area contributed by atoms with Gasteiger partial charge >= 0.3 is 302 Å². The number of halogens is 22. The van der Waals surface area contributed by atoms with Crippen molar-refractivity contribution in [2.45, 2.75) is 0 Å². The molecule has 0 rings (SSSR count). The monoisotopic (exact) mass is 2790 g/mol. The van der Waals surface area contributed by atoms with Crippen LogP contribution in [0.4, 0.5) is 0 Å². The van der Waals surface area contributed by atoms with Crippen molar-refractivity contribution in [1.82, 2.24) is 0 Å². The maximum absolute atomic E-state index is 3.18. The molecular weight excluding hydrogens is 2790 g/mol. The van der Waals surface area contributed by atoms with Crippen LogP contribution in [0.3, 0.4) is 0 Å². The van der Waals surface area contributed by atoms with Gasteiger partial charge in [-0.15, -0.1) is 0 Å². The summed E-state index contributed by atoms with van der Waals surface area (Å²) in [7, 11) is -4.20. The van der Waals surface area contributed by atoms with E-state index in [1.807, 2.05) is 0 Å². The van der Waals surface area contributed by atoms with Crippen LogP contribution in [0.25, 0.3) is 0 Å². The first-order chi connectivity index (χ1) is 9.93. The van der Waals surface area contributed by atoms with E-state index in [-0.39, 0.29) is 0 Å². The molecule has 0 saturated heterocycles. The van der Waals surface area contributed by atoms with E-state index in [9.17, 15) is 0 Å². The molecule has 0 aliphatic rings. The van der Waals surface area contributed by atoms with Crippen LogP contribution < -0.4 is 0 Å². The van der Waals surface area contributed by atoms with Gasteiger partial charge in [-0.05, 0) is 0 Å². The number of rotatable bonds is 9. The predicted octanol–water partition coefficient (Wildman–Crippen LogP) is 19.5. The molecule has 0 saturated carbocycles. The van der Waals surface area contributed by atoms with Crippen molar-refractivity contribution in [1.29, 1.82) is 0 Å². The van der Waals surface area contributed by atoms with Crippen molar-refractivity contribution in [3.05, 3.63) is 0 Å². The predicted molar refractivity (Wildman–Crippen MR) is 308 cm³/mol. The van der Waals surface area contributed by atoms with Crippen LogP contribution >= 0.6 is 302 Å². The van der Waals surface area contributed by atoms with Gasteiger partial charge in [-0.3, -0.25) is 0 Å². The molecule has 0 fully saturated rings. The molecule has 0 radical (unpaired) electrons. The van der Waals surface area contributed by atoms with Gasteiger partial charge in [-0.2, -0.15) is 0 Å². The van der Waals surface area contributed by atoms with Gasteiger partial charge in [0.15, 0.2) is 0 Å². The summed E-state index contributed by atoms with van der Waals surface area (Å²) < 4.78 is 0. The van der Waals surface area contributed by atoms with Gasteiger partial charge in [0.2, 0.25) is 0 Å². The molecule has 0 aromatic heterocycles. The minimum atomic E-state index is -0.447. The molecule has 0 spiro atoms. The summed E-state index contributed by atoms with van der Waals surface area (Å²) in [5, 5.41) is 0. The average molecular weight is 2790 g/mol. The van der Waals surface area contributed by atoms with Crippen molar-refractivity contribution in [3.63, 3.8) is 0 Å². The first-order valence-corrected chi connectivity index (χ1v) is 135. The van der Waals surface area contributed by atoms with Gasteiger partial charge in [-0.1, -0.05) is 0 Å². The first kappa shape index (κ1) is 38.1. The summed E-state index contributed by atoms with van der Waals surface area (Å²) in [6, 6.07) is 0. The van der Waals surface area contributed by atoms with Gasteiger partial charge in [-0.25, -0.2) is 0 Å². The Hall–Kier alpha value is 16.1. The average Bonchev–Trinajstić information content (AvgIpc) is 2.48. The van der Waals surface area contributed by atoms with E-state index in [1.165, 1.54) is 0 Å². The van der Waals surface area contributed by atoms with Gasteiger partial charge in [0.25, 0.3) is 0 Å². The van der Waals surface area contributed by atoms with Crippen molar-refractivity contribution >= 4 is 302 Å². The van der Waals surface area contributed by atoms with Crippen LogP contribution in [0.1, 0.15) is 0 Å². The topological polar surface area (TPSA) is 0 Å². The normalized spacial score (nSPS) is 18.0. The molecule has 22 heteroatoms.